The molecule has 4 rings (SSSR count). The summed E-state index contributed by atoms with van der Waals surface area (Å²) in [5, 5.41) is 16.7. The van der Waals surface area contributed by atoms with E-state index in [1.54, 1.807) is 6.20 Å². The van der Waals surface area contributed by atoms with E-state index >= 15 is 0 Å². The van der Waals surface area contributed by atoms with Crippen LogP contribution in [0.4, 0.5) is 5.69 Å². The number of aliphatic carboxylic acids is 2. The molecular formula is C24H28N4O5. The summed E-state index contributed by atoms with van der Waals surface area (Å²) in [6, 6.07) is 6.40. The van der Waals surface area contributed by atoms with Crippen molar-refractivity contribution >= 4 is 34.3 Å². The Labute approximate surface area is 191 Å². The second-order valence-corrected chi connectivity index (χ2v) is 8.21. The number of ketones is 1. The highest BCUT2D eigenvalue weighted by Gasteiger charge is 2.32. The van der Waals surface area contributed by atoms with Crippen LogP contribution in [0.5, 0.6) is 0 Å². The van der Waals surface area contributed by atoms with E-state index < -0.39 is 11.9 Å². The first-order valence-electron chi connectivity index (χ1n) is 10.5. The molecule has 174 valence electrons. The van der Waals surface area contributed by atoms with E-state index in [1.165, 1.54) is 5.69 Å². The molecule has 9 heteroatoms. The zero-order valence-electron chi connectivity index (χ0n) is 19.1. The monoisotopic (exact) mass is 452 g/mol. The molecule has 0 bridgehead atoms. The van der Waals surface area contributed by atoms with Gasteiger partial charge in [0.15, 0.2) is 5.78 Å². The van der Waals surface area contributed by atoms with Gasteiger partial charge >= 0.3 is 11.9 Å². The van der Waals surface area contributed by atoms with Gasteiger partial charge in [-0.15, -0.1) is 0 Å². The zero-order chi connectivity index (χ0) is 24.3. The predicted octanol–water partition coefficient (Wildman–Crippen LogP) is 2.91. The number of aryl methyl sites for hydroxylation is 2. The zero-order valence-corrected chi connectivity index (χ0v) is 19.1. The molecule has 0 amide bonds. The maximum atomic E-state index is 13.3. The summed E-state index contributed by atoms with van der Waals surface area (Å²) >= 11 is 0. The van der Waals surface area contributed by atoms with Gasteiger partial charge in [-0.05, 0) is 38.0 Å². The molecule has 1 atom stereocenters. The lowest BCUT2D eigenvalue weighted by atomic mass is 9.85. The van der Waals surface area contributed by atoms with E-state index in [0.29, 0.717) is 18.7 Å². The predicted molar refractivity (Wildman–Crippen MR) is 125 cm³/mol. The van der Waals surface area contributed by atoms with Crippen molar-refractivity contribution in [3.8, 4) is 0 Å². The number of nitrogens with zero attached hydrogens (tertiary/aromatic N) is 4. The molecule has 2 aromatic heterocycles. The topological polar surface area (TPSA) is 118 Å². The van der Waals surface area contributed by atoms with Crippen molar-refractivity contribution in [1.29, 1.82) is 0 Å². The van der Waals surface area contributed by atoms with Gasteiger partial charge in [0.2, 0.25) is 0 Å². The molecule has 0 saturated carbocycles. The van der Waals surface area contributed by atoms with Crippen LogP contribution < -0.4 is 4.90 Å². The maximum absolute atomic E-state index is 13.3. The molecule has 33 heavy (non-hydrogen) atoms. The fourth-order valence-electron chi connectivity index (χ4n) is 4.13. The Morgan fingerprint density at radius 2 is 1.88 bits per heavy atom. The summed E-state index contributed by atoms with van der Waals surface area (Å²) in [5.74, 6) is -1.25. The van der Waals surface area contributed by atoms with E-state index in [0.717, 1.165) is 40.8 Å². The second kappa shape index (κ2) is 9.72. The Morgan fingerprint density at radius 3 is 2.42 bits per heavy atom. The van der Waals surface area contributed by atoms with Gasteiger partial charge in [-0.25, -0.2) is 14.6 Å². The average Bonchev–Trinajstić information content (AvgIpc) is 3.29. The third-order valence-electron chi connectivity index (χ3n) is 5.88. The molecule has 0 saturated heterocycles. The van der Waals surface area contributed by atoms with Crippen LogP contribution in [0.2, 0.25) is 0 Å². The minimum Gasteiger partial charge on any atom is -0.478 e. The smallest absolute Gasteiger partial charge is 0.328 e. The van der Waals surface area contributed by atoms with Crippen molar-refractivity contribution in [2.24, 2.45) is 13.0 Å². The first kappa shape index (κ1) is 23.8. The van der Waals surface area contributed by atoms with Gasteiger partial charge in [0.25, 0.3) is 0 Å². The molecule has 2 heterocycles. The number of carboxylic acids is 2. The van der Waals surface area contributed by atoms with Crippen LogP contribution in [0, 0.1) is 12.8 Å². The molecule has 1 aromatic carbocycles. The SMILES string of the molecule is Cc1nccn1CC1CCc2c(c3cc(N(C)C)ccc3n2C)C1=O.O=C(O)/C=C\C(=O)O. The summed E-state index contributed by atoms with van der Waals surface area (Å²) in [7, 11) is 6.14. The van der Waals surface area contributed by atoms with Crippen LogP contribution in [0.1, 0.15) is 28.3 Å². The Hall–Kier alpha value is -3.88. The number of Topliss-reactive ketones (excluding diaryl/α,β-unsaturated/α-hetero) is 1. The molecule has 2 N–H and O–H groups in total. The number of carbonyl (C=O) groups excluding carboxylic acids is 1. The number of hydrogen-bond donors (Lipinski definition) is 2. The summed E-state index contributed by atoms with van der Waals surface area (Å²) in [6.07, 6.45) is 6.72. The third kappa shape index (κ3) is 5.14. The quantitative estimate of drug-likeness (QED) is 0.572. The minimum atomic E-state index is -1.26. The average molecular weight is 453 g/mol. The van der Waals surface area contributed by atoms with Crippen LogP contribution in [0.3, 0.4) is 0 Å². The number of rotatable bonds is 5. The molecule has 0 fully saturated rings. The van der Waals surface area contributed by atoms with Crippen LogP contribution in [0.15, 0.2) is 42.7 Å². The van der Waals surface area contributed by atoms with Crippen molar-refractivity contribution in [3.63, 3.8) is 0 Å². The highest BCUT2D eigenvalue weighted by Crippen LogP contribution is 2.36. The first-order valence-corrected chi connectivity index (χ1v) is 10.5. The number of benzene rings is 1. The molecule has 3 aromatic rings. The van der Waals surface area contributed by atoms with Gasteiger partial charge in [0.1, 0.15) is 5.82 Å². The van der Waals surface area contributed by atoms with Crippen LogP contribution in [0.25, 0.3) is 10.9 Å². The van der Waals surface area contributed by atoms with Crippen LogP contribution in [-0.4, -0.2) is 56.1 Å². The molecule has 1 aliphatic rings. The summed E-state index contributed by atoms with van der Waals surface area (Å²) < 4.78 is 4.28. The lowest BCUT2D eigenvalue weighted by Crippen LogP contribution is -2.27. The summed E-state index contributed by atoms with van der Waals surface area (Å²) in [6.45, 7) is 2.70. The van der Waals surface area contributed by atoms with E-state index in [9.17, 15) is 14.4 Å². The number of carbonyl (C=O) groups is 3. The highest BCUT2D eigenvalue weighted by atomic mass is 16.4. The van der Waals surface area contributed by atoms with Crippen molar-refractivity contribution < 1.29 is 24.6 Å². The number of aromatic nitrogens is 3. The molecule has 9 nitrogen and oxygen atoms in total. The Balaban J connectivity index is 0.000000331. The lowest BCUT2D eigenvalue weighted by Gasteiger charge is -2.23. The Morgan fingerprint density at radius 1 is 1.21 bits per heavy atom. The second-order valence-electron chi connectivity index (χ2n) is 8.21. The Kier molecular flexibility index (Phi) is 7.01. The third-order valence-corrected chi connectivity index (χ3v) is 5.88. The van der Waals surface area contributed by atoms with Crippen LogP contribution in [-0.2, 0) is 29.6 Å². The number of imidazole rings is 1. The molecular weight excluding hydrogens is 424 g/mol. The molecule has 1 aliphatic carbocycles. The number of carboxylic acid groups (broad SMARTS) is 2. The highest BCUT2D eigenvalue weighted by molar-refractivity contribution is 6.11. The first-order chi connectivity index (χ1) is 15.6. The summed E-state index contributed by atoms with van der Waals surface area (Å²) in [5.41, 5.74) is 4.37. The maximum Gasteiger partial charge on any atom is 0.328 e. The van der Waals surface area contributed by atoms with Crippen molar-refractivity contribution in [3.05, 3.63) is 59.8 Å². The van der Waals surface area contributed by atoms with Crippen molar-refractivity contribution in [1.82, 2.24) is 14.1 Å². The van der Waals surface area contributed by atoms with Crippen molar-refractivity contribution in [2.45, 2.75) is 26.3 Å². The van der Waals surface area contributed by atoms with Gasteiger partial charge in [-0.2, -0.15) is 0 Å². The molecule has 0 spiro atoms. The van der Waals surface area contributed by atoms with E-state index in [2.05, 4.69) is 44.3 Å². The normalized spacial score (nSPS) is 15.3. The van der Waals surface area contributed by atoms with Gasteiger partial charge in [0, 0.05) is 86.0 Å². The number of anilines is 1. The van der Waals surface area contributed by atoms with E-state index in [1.807, 2.05) is 27.2 Å². The van der Waals surface area contributed by atoms with E-state index in [-0.39, 0.29) is 11.7 Å². The van der Waals surface area contributed by atoms with Gasteiger partial charge in [-0.1, -0.05) is 0 Å². The Bertz CT molecular complexity index is 1220. The van der Waals surface area contributed by atoms with Gasteiger partial charge in [0.05, 0.1) is 0 Å². The number of fused-ring (bicyclic) bond motifs is 3. The molecule has 0 radical (unpaired) electrons. The van der Waals surface area contributed by atoms with E-state index in [4.69, 9.17) is 10.2 Å². The minimum absolute atomic E-state index is 0.0222. The fourth-order valence-corrected chi connectivity index (χ4v) is 4.13. The molecule has 0 aliphatic heterocycles. The standard InChI is InChI=1S/C20H24N4O.C4H4O4/c1-13-21-9-10-24(13)12-14-5-7-18-19(20(14)25)16-11-15(22(2)3)6-8-17(16)23(18)4;5-3(6)1-2-4(7)8/h6,8-11,14H,5,7,12H2,1-4H3;1-2H,(H,5,6)(H,7,8)/b;2-1-. The largest absolute Gasteiger partial charge is 0.478 e. The fraction of sp³-hybridized carbons (Fsp3) is 0.333. The summed E-state index contributed by atoms with van der Waals surface area (Å²) in [4.78, 5) is 38.8. The lowest BCUT2D eigenvalue weighted by molar-refractivity contribution is -0.134. The van der Waals surface area contributed by atoms with Crippen molar-refractivity contribution in [2.75, 3.05) is 19.0 Å². The number of hydrogen-bond acceptors (Lipinski definition) is 5. The molecule has 1 unspecified atom stereocenters. The van der Waals surface area contributed by atoms with Gasteiger partial charge < -0.3 is 24.2 Å². The van der Waals surface area contributed by atoms with Crippen LogP contribution >= 0.6 is 0 Å². The van der Waals surface area contributed by atoms with Gasteiger partial charge in [-0.3, -0.25) is 4.79 Å².